The molecule has 0 fully saturated rings. The molecule has 212 valence electrons. The van der Waals surface area contributed by atoms with Crippen LogP contribution in [0.15, 0.2) is 113 Å². The monoisotopic (exact) mass is 582 g/mol. The largest absolute Gasteiger partial charge is 0.509 e. The van der Waals surface area contributed by atoms with Crippen LogP contribution in [-0.2, 0) is 11.2 Å². The third-order valence-electron chi connectivity index (χ3n) is 6.72. The van der Waals surface area contributed by atoms with Crippen molar-refractivity contribution in [3.05, 3.63) is 124 Å². The van der Waals surface area contributed by atoms with Gasteiger partial charge in [-0.1, -0.05) is 54.1 Å². The van der Waals surface area contributed by atoms with Crippen molar-refractivity contribution in [1.29, 1.82) is 0 Å². The number of hydrogen-bond donors (Lipinski definition) is 3. The number of fused-ring (bicyclic) bond motifs is 1. The second kappa shape index (κ2) is 12.6. The number of nitrogens with zero attached hydrogens (tertiary/aromatic N) is 2. The van der Waals surface area contributed by atoms with Gasteiger partial charge in [-0.25, -0.2) is 0 Å². The number of anilines is 2. The Balaban J connectivity index is 1.47. The normalized spacial score (nSPS) is 14.3. The van der Waals surface area contributed by atoms with Gasteiger partial charge in [-0.05, 0) is 59.7 Å². The summed E-state index contributed by atoms with van der Waals surface area (Å²) in [6.45, 7) is 0. The van der Waals surface area contributed by atoms with Crippen LogP contribution in [-0.4, -0.2) is 31.1 Å². The zero-order chi connectivity index (χ0) is 29.6. The molecule has 4 aromatic rings. The highest BCUT2D eigenvalue weighted by molar-refractivity contribution is 6.31. The van der Waals surface area contributed by atoms with Crippen LogP contribution in [0.1, 0.15) is 27.5 Å². The molecule has 42 heavy (non-hydrogen) atoms. The van der Waals surface area contributed by atoms with Gasteiger partial charge in [0, 0.05) is 22.7 Å². The van der Waals surface area contributed by atoms with Crippen molar-refractivity contribution in [3.8, 4) is 11.5 Å². The number of ether oxygens (including phenoxy) is 2. The molecule has 4 aromatic carbocycles. The smallest absolute Gasteiger partial charge is 0.255 e. The van der Waals surface area contributed by atoms with Crippen LogP contribution in [0.3, 0.4) is 0 Å². The maximum atomic E-state index is 13.4. The summed E-state index contributed by atoms with van der Waals surface area (Å²) in [5.74, 6) is -0.300. The minimum atomic E-state index is -0.969. The number of azo groups is 1. The number of para-hydroxylation sites is 1. The minimum Gasteiger partial charge on any atom is -0.509 e. The second-order valence-electron chi connectivity index (χ2n) is 9.36. The number of methoxy groups -OCH3 is 2. The van der Waals surface area contributed by atoms with Gasteiger partial charge in [0.05, 0.1) is 25.5 Å². The summed E-state index contributed by atoms with van der Waals surface area (Å²) in [4.78, 5) is 26.3. The number of aliphatic hydroxyl groups excluding tert-OH is 1. The Kier molecular flexibility index (Phi) is 8.50. The number of hydrogen-bond acceptors (Lipinski definition) is 7. The van der Waals surface area contributed by atoms with Crippen LogP contribution in [0.2, 0.25) is 5.02 Å². The van der Waals surface area contributed by atoms with Crippen LogP contribution in [0.5, 0.6) is 11.5 Å². The lowest BCUT2D eigenvalue weighted by Gasteiger charge is -2.24. The molecule has 1 aliphatic rings. The van der Waals surface area contributed by atoms with Crippen LogP contribution in [0.4, 0.5) is 17.1 Å². The molecule has 0 aliphatic heterocycles. The molecular weight excluding hydrogens is 556 g/mol. The zero-order valence-electron chi connectivity index (χ0n) is 22.8. The number of carbonyl (C=O) groups excluding carboxylic acids is 2. The highest BCUT2D eigenvalue weighted by Gasteiger charge is 2.31. The predicted molar refractivity (Wildman–Crippen MR) is 161 cm³/mol. The van der Waals surface area contributed by atoms with Crippen molar-refractivity contribution >= 4 is 40.5 Å². The Morgan fingerprint density at radius 1 is 0.857 bits per heavy atom. The molecule has 0 saturated carbocycles. The van der Waals surface area contributed by atoms with E-state index in [0.29, 0.717) is 39.0 Å². The molecule has 0 aromatic heterocycles. The highest BCUT2D eigenvalue weighted by atomic mass is 35.5. The van der Waals surface area contributed by atoms with Crippen molar-refractivity contribution in [3.63, 3.8) is 0 Å². The topological polar surface area (TPSA) is 122 Å². The van der Waals surface area contributed by atoms with E-state index in [9.17, 15) is 14.7 Å². The maximum Gasteiger partial charge on any atom is 0.255 e. The quantitative estimate of drug-likeness (QED) is 0.186. The van der Waals surface area contributed by atoms with Gasteiger partial charge < -0.3 is 25.2 Å². The molecule has 0 saturated heterocycles. The average molecular weight is 583 g/mol. The number of rotatable bonds is 8. The molecule has 0 radical (unpaired) electrons. The summed E-state index contributed by atoms with van der Waals surface area (Å²) in [5.41, 5.74) is 3.27. The van der Waals surface area contributed by atoms with Crippen molar-refractivity contribution < 1.29 is 24.2 Å². The molecule has 0 spiro atoms. The number of nitrogens with one attached hydrogen (secondary N) is 2. The van der Waals surface area contributed by atoms with Gasteiger partial charge in [0.1, 0.15) is 22.9 Å². The van der Waals surface area contributed by atoms with E-state index in [0.717, 1.165) is 5.56 Å². The van der Waals surface area contributed by atoms with Gasteiger partial charge in [-0.2, -0.15) is 10.2 Å². The van der Waals surface area contributed by atoms with Gasteiger partial charge in [0.25, 0.3) is 11.8 Å². The summed E-state index contributed by atoms with van der Waals surface area (Å²) < 4.78 is 10.8. The summed E-state index contributed by atoms with van der Waals surface area (Å²) in [7, 11) is 2.97. The lowest BCUT2D eigenvalue weighted by atomic mass is 9.86. The molecule has 1 atom stereocenters. The lowest BCUT2D eigenvalue weighted by molar-refractivity contribution is -0.113. The summed E-state index contributed by atoms with van der Waals surface area (Å²) in [6, 6.07) is 25.1. The molecule has 0 heterocycles. The summed E-state index contributed by atoms with van der Waals surface area (Å²) >= 11 is 6.13. The first-order valence-corrected chi connectivity index (χ1v) is 13.4. The van der Waals surface area contributed by atoms with Gasteiger partial charge >= 0.3 is 0 Å². The Labute approximate surface area is 247 Å². The lowest BCUT2D eigenvalue weighted by Crippen LogP contribution is -2.23. The van der Waals surface area contributed by atoms with Crippen LogP contribution in [0.25, 0.3) is 0 Å². The summed E-state index contributed by atoms with van der Waals surface area (Å²) in [6.07, 6.45) is 0.182. The second-order valence-corrected chi connectivity index (χ2v) is 9.80. The molecule has 0 bridgehead atoms. The minimum absolute atomic E-state index is 0.127. The molecule has 5 rings (SSSR count). The molecule has 10 heteroatoms. The van der Waals surface area contributed by atoms with Crippen molar-refractivity contribution in [2.45, 2.75) is 12.5 Å². The van der Waals surface area contributed by atoms with Gasteiger partial charge in [-0.15, -0.1) is 0 Å². The SMILES string of the molecule is COc1ccc(C(=O)Nc2ccccc2)cc1N=NC1C(O)=C(C(=O)Nc2cc(Cl)ccc2OC)Cc2ccccc21. The van der Waals surface area contributed by atoms with E-state index in [1.165, 1.54) is 14.2 Å². The van der Waals surface area contributed by atoms with Gasteiger partial charge in [0.2, 0.25) is 0 Å². The average Bonchev–Trinajstić information content (AvgIpc) is 3.00. The van der Waals surface area contributed by atoms with Crippen LogP contribution < -0.4 is 20.1 Å². The Bertz CT molecular complexity index is 1700. The summed E-state index contributed by atoms with van der Waals surface area (Å²) in [5, 5.41) is 26.2. The first kappa shape index (κ1) is 28.4. The third kappa shape index (κ3) is 6.11. The first-order chi connectivity index (χ1) is 20.4. The van der Waals surface area contributed by atoms with Crippen molar-refractivity contribution in [2.75, 3.05) is 24.9 Å². The number of halogens is 1. The van der Waals surface area contributed by atoms with Crippen molar-refractivity contribution in [2.24, 2.45) is 10.2 Å². The van der Waals surface area contributed by atoms with E-state index in [-0.39, 0.29) is 29.3 Å². The predicted octanol–water partition coefficient (Wildman–Crippen LogP) is 7.44. The van der Waals surface area contributed by atoms with Crippen LogP contribution in [0, 0.1) is 0 Å². The van der Waals surface area contributed by atoms with E-state index < -0.39 is 11.9 Å². The molecule has 1 unspecified atom stereocenters. The zero-order valence-corrected chi connectivity index (χ0v) is 23.6. The van der Waals surface area contributed by atoms with E-state index >= 15 is 0 Å². The fraction of sp³-hybridized carbons (Fsp3) is 0.125. The van der Waals surface area contributed by atoms with Crippen molar-refractivity contribution in [1.82, 2.24) is 0 Å². The van der Waals surface area contributed by atoms with E-state index in [4.69, 9.17) is 21.1 Å². The number of aliphatic hydroxyl groups is 1. The van der Waals surface area contributed by atoms with E-state index in [1.54, 1.807) is 48.5 Å². The fourth-order valence-corrected chi connectivity index (χ4v) is 4.77. The molecule has 1 aliphatic carbocycles. The maximum absolute atomic E-state index is 13.4. The van der Waals surface area contributed by atoms with Crippen LogP contribution >= 0.6 is 11.6 Å². The van der Waals surface area contributed by atoms with Gasteiger partial charge in [0.15, 0.2) is 6.04 Å². The standard InChI is InChI=1S/C32H27ClN4O5/c1-41-27-15-13-21(33)18-25(27)35-32(40)24-16-19-8-6-7-11-23(19)29(30(24)38)37-36-26-17-20(12-14-28(26)42-2)31(39)34-22-9-4-3-5-10-22/h3-15,17-18,29,38H,16H2,1-2H3,(H,34,39)(H,35,40). The molecule has 2 amide bonds. The fourth-order valence-electron chi connectivity index (χ4n) is 4.60. The number of carbonyl (C=O) groups is 2. The Hall–Kier alpha value is -5.15. The Morgan fingerprint density at radius 3 is 2.33 bits per heavy atom. The van der Waals surface area contributed by atoms with E-state index in [1.807, 2.05) is 42.5 Å². The highest BCUT2D eigenvalue weighted by Crippen LogP contribution is 2.39. The van der Waals surface area contributed by atoms with Gasteiger partial charge in [-0.3, -0.25) is 9.59 Å². The van der Waals surface area contributed by atoms with E-state index in [2.05, 4.69) is 20.9 Å². The number of amides is 2. The first-order valence-electron chi connectivity index (χ1n) is 13.0. The molecular formula is C32H27ClN4O5. The Morgan fingerprint density at radius 2 is 1.57 bits per heavy atom. The molecule has 3 N–H and O–H groups in total. The molecule has 9 nitrogen and oxygen atoms in total. The number of benzene rings is 4. The third-order valence-corrected chi connectivity index (χ3v) is 6.96.